The molecule has 2 atom stereocenters. The summed E-state index contributed by atoms with van der Waals surface area (Å²) in [7, 11) is 0. The molecule has 2 saturated heterocycles. The van der Waals surface area contributed by atoms with Crippen LogP contribution in [-0.4, -0.2) is 78.1 Å². The average Bonchev–Trinajstić information content (AvgIpc) is 3.24. The number of nitrogens with two attached hydrogens (primary N) is 1. The molecular weight excluding hydrogens is 248 g/mol. The number of hydrogen-bond acceptors (Lipinski definition) is 4. The van der Waals surface area contributed by atoms with Crippen LogP contribution in [0.5, 0.6) is 0 Å². The Labute approximate surface area is 124 Å². The molecule has 1 saturated carbocycles. The average molecular weight is 280 g/mol. The number of likely N-dealkylation sites (tertiary alicyclic amines) is 1. The third-order valence-corrected chi connectivity index (χ3v) is 5.70. The van der Waals surface area contributed by atoms with Gasteiger partial charge in [-0.25, -0.2) is 0 Å². The van der Waals surface area contributed by atoms with Crippen molar-refractivity contribution in [3.8, 4) is 0 Å². The van der Waals surface area contributed by atoms with Gasteiger partial charge in [-0.1, -0.05) is 6.92 Å². The smallest absolute Gasteiger partial charge is 0.0474 e. The molecule has 3 aliphatic rings. The van der Waals surface area contributed by atoms with Crippen molar-refractivity contribution in [2.24, 2.45) is 5.73 Å². The van der Waals surface area contributed by atoms with Gasteiger partial charge in [-0.2, -0.15) is 0 Å². The van der Waals surface area contributed by atoms with Gasteiger partial charge in [0.05, 0.1) is 0 Å². The second-order valence-electron chi connectivity index (χ2n) is 7.21. The summed E-state index contributed by atoms with van der Waals surface area (Å²) in [5.41, 5.74) is 6.52. The van der Waals surface area contributed by atoms with Gasteiger partial charge in [0.2, 0.25) is 0 Å². The Balaban J connectivity index is 1.62. The van der Waals surface area contributed by atoms with Gasteiger partial charge in [0, 0.05) is 56.9 Å². The highest BCUT2D eigenvalue weighted by molar-refractivity contribution is 5.07. The summed E-state index contributed by atoms with van der Waals surface area (Å²) < 4.78 is 0. The molecule has 2 N–H and O–H groups in total. The van der Waals surface area contributed by atoms with Gasteiger partial charge in [0.15, 0.2) is 0 Å². The van der Waals surface area contributed by atoms with Crippen LogP contribution in [0.4, 0.5) is 0 Å². The van der Waals surface area contributed by atoms with Crippen molar-refractivity contribution in [1.29, 1.82) is 0 Å². The summed E-state index contributed by atoms with van der Waals surface area (Å²) in [4.78, 5) is 8.07. The van der Waals surface area contributed by atoms with E-state index in [2.05, 4.69) is 28.5 Å². The van der Waals surface area contributed by atoms with Crippen molar-refractivity contribution in [3.63, 3.8) is 0 Å². The van der Waals surface area contributed by atoms with E-state index in [-0.39, 0.29) is 5.54 Å². The standard InChI is InChI=1S/C16H32N4/c1-3-6-18-7-9-19(10-8-18)16(12-17)11-14(2)20(13-16)15-4-5-15/h14-15H,3-13,17H2,1-2H3. The Kier molecular flexibility index (Phi) is 4.37. The second kappa shape index (κ2) is 5.91. The largest absolute Gasteiger partial charge is 0.329 e. The molecule has 0 amide bonds. The Morgan fingerprint density at radius 3 is 2.40 bits per heavy atom. The maximum atomic E-state index is 6.26. The number of piperazine rings is 1. The molecule has 3 rings (SSSR count). The van der Waals surface area contributed by atoms with Crippen LogP contribution in [0, 0.1) is 0 Å². The van der Waals surface area contributed by atoms with Gasteiger partial charge < -0.3 is 10.6 Å². The summed E-state index contributed by atoms with van der Waals surface area (Å²) in [6.07, 6.45) is 5.37. The Morgan fingerprint density at radius 1 is 1.15 bits per heavy atom. The molecule has 0 aromatic carbocycles. The summed E-state index contributed by atoms with van der Waals surface area (Å²) in [5, 5.41) is 0. The van der Waals surface area contributed by atoms with Crippen LogP contribution < -0.4 is 5.73 Å². The minimum Gasteiger partial charge on any atom is -0.329 e. The van der Waals surface area contributed by atoms with Crippen molar-refractivity contribution in [2.45, 2.75) is 57.2 Å². The van der Waals surface area contributed by atoms with Crippen molar-refractivity contribution >= 4 is 0 Å². The van der Waals surface area contributed by atoms with E-state index in [1.54, 1.807) is 0 Å². The molecule has 2 unspecified atom stereocenters. The molecule has 0 radical (unpaired) electrons. The molecule has 2 aliphatic heterocycles. The third-order valence-electron chi connectivity index (χ3n) is 5.70. The molecule has 20 heavy (non-hydrogen) atoms. The number of nitrogens with zero attached hydrogens (tertiary/aromatic N) is 3. The molecule has 4 nitrogen and oxygen atoms in total. The van der Waals surface area contributed by atoms with E-state index >= 15 is 0 Å². The summed E-state index contributed by atoms with van der Waals surface area (Å²) >= 11 is 0. The monoisotopic (exact) mass is 280 g/mol. The SMILES string of the molecule is CCCN1CCN(C2(CN)CC(C)N(C3CC3)C2)CC1. The first-order valence-electron chi connectivity index (χ1n) is 8.62. The number of hydrogen-bond donors (Lipinski definition) is 1. The lowest BCUT2D eigenvalue weighted by atomic mass is 9.93. The van der Waals surface area contributed by atoms with E-state index in [1.807, 2.05) is 0 Å². The molecule has 4 heteroatoms. The third kappa shape index (κ3) is 2.76. The molecule has 116 valence electrons. The van der Waals surface area contributed by atoms with Gasteiger partial charge in [0.25, 0.3) is 0 Å². The predicted molar refractivity (Wildman–Crippen MR) is 83.9 cm³/mol. The van der Waals surface area contributed by atoms with Crippen molar-refractivity contribution in [2.75, 3.05) is 45.8 Å². The predicted octanol–water partition coefficient (Wildman–Crippen LogP) is 0.968. The van der Waals surface area contributed by atoms with Crippen LogP contribution in [-0.2, 0) is 0 Å². The molecular formula is C16H32N4. The summed E-state index contributed by atoms with van der Waals surface area (Å²) in [6.45, 7) is 12.9. The lowest BCUT2D eigenvalue weighted by Crippen LogP contribution is -2.61. The Hall–Kier alpha value is -0.160. The van der Waals surface area contributed by atoms with E-state index in [4.69, 9.17) is 5.73 Å². The maximum Gasteiger partial charge on any atom is 0.0474 e. The van der Waals surface area contributed by atoms with E-state index in [0.29, 0.717) is 0 Å². The molecule has 0 spiro atoms. The maximum absolute atomic E-state index is 6.26. The first-order valence-corrected chi connectivity index (χ1v) is 8.62. The summed E-state index contributed by atoms with van der Waals surface area (Å²) in [6, 6.07) is 1.60. The molecule has 0 bridgehead atoms. The Morgan fingerprint density at radius 2 is 1.85 bits per heavy atom. The molecule has 2 heterocycles. The van der Waals surface area contributed by atoms with Crippen LogP contribution in [0.1, 0.15) is 39.5 Å². The van der Waals surface area contributed by atoms with Crippen LogP contribution in [0.15, 0.2) is 0 Å². The van der Waals surface area contributed by atoms with Crippen molar-refractivity contribution in [3.05, 3.63) is 0 Å². The molecule has 1 aliphatic carbocycles. The fourth-order valence-electron chi connectivity index (χ4n) is 4.39. The van der Waals surface area contributed by atoms with Gasteiger partial charge >= 0.3 is 0 Å². The lowest BCUT2D eigenvalue weighted by Gasteiger charge is -2.45. The van der Waals surface area contributed by atoms with E-state index < -0.39 is 0 Å². The molecule has 3 fully saturated rings. The lowest BCUT2D eigenvalue weighted by molar-refractivity contribution is 0.0402. The highest BCUT2D eigenvalue weighted by Gasteiger charge is 2.49. The van der Waals surface area contributed by atoms with Crippen LogP contribution in [0.25, 0.3) is 0 Å². The van der Waals surface area contributed by atoms with Gasteiger partial charge in [-0.15, -0.1) is 0 Å². The fourth-order valence-corrected chi connectivity index (χ4v) is 4.39. The summed E-state index contributed by atoms with van der Waals surface area (Å²) in [5.74, 6) is 0. The van der Waals surface area contributed by atoms with Crippen LogP contribution in [0.2, 0.25) is 0 Å². The minimum absolute atomic E-state index is 0.264. The molecule has 0 aromatic rings. The van der Waals surface area contributed by atoms with Crippen molar-refractivity contribution in [1.82, 2.24) is 14.7 Å². The zero-order chi connectivity index (χ0) is 14.2. The van der Waals surface area contributed by atoms with Gasteiger partial charge in [-0.05, 0) is 39.2 Å². The second-order valence-corrected chi connectivity index (χ2v) is 7.21. The zero-order valence-corrected chi connectivity index (χ0v) is 13.4. The normalized spacial score (nSPS) is 37.6. The number of rotatable bonds is 5. The first kappa shape index (κ1) is 14.8. The highest BCUT2D eigenvalue weighted by Crippen LogP contribution is 2.39. The quantitative estimate of drug-likeness (QED) is 0.814. The van der Waals surface area contributed by atoms with E-state index in [1.165, 1.54) is 65.0 Å². The Bertz CT molecular complexity index is 322. The first-order chi connectivity index (χ1) is 9.68. The topological polar surface area (TPSA) is 35.7 Å². The fraction of sp³-hybridized carbons (Fsp3) is 1.00. The van der Waals surface area contributed by atoms with Crippen LogP contribution >= 0.6 is 0 Å². The van der Waals surface area contributed by atoms with Crippen LogP contribution in [0.3, 0.4) is 0 Å². The minimum atomic E-state index is 0.264. The molecule has 0 aromatic heterocycles. The van der Waals surface area contributed by atoms with E-state index in [9.17, 15) is 0 Å². The van der Waals surface area contributed by atoms with Gasteiger partial charge in [0.1, 0.15) is 0 Å². The highest BCUT2D eigenvalue weighted by atomic mass is 15.4. The van der Waals surface area contributed by atoms with Crippen molar-refractivity contribution < 1.29 is 0 Å². The van der Waals surface area contributed by atoms with Gasteiger partial charge in [-0.3, -0.25) is 9.80 Å². The van der Waals surface area contributed by atoms with E-state index in [0.717, 1.165) is 18.6 Å². The zero-order valence-electron chi connectivity index (χ0n) is 13.4.